The van der Waals surface area contributed by atoms with Crippen molar-refractivity contribution in [2.75, 3.05) is 13.7 Å². The number of para-hydroxylation sites is 1. The van der Waals surface area contributed by atoms with Crippen molar-refractivity contribution in [3.8, 4) is 22.8 Å². The zero-order valence-corrected chi connectivity index (χ0v) is 19.6. The van der Waals surface area contributed by atoms with Gasteiger partial charge in [-0.05, 0) is 67.4 Å². The van der Waals surface area contributed by atoms with Crippen molar-refractivity contribution in [3.05, 3.63) is 77.9 Å². The molecule has 0 amide bonds. The van der Waals surface area contributed by atoms with Gasteiger partial charge in [0.15, 0.2) is 0 Å². The number of aromatic nitrogens is 1. The van der Waals surface area contributed by atoms with Crippen molar-refractivity contribution in [1.29, 1.82) is 0 Å². The van der Waals surface area contributed by atoms with E-state index in [-0.39, 0.29) is 11.5 Å². The highest BCUT2D eigenvalue weighted by Gasteiger charge is 2.29. The maximum absolute atomic E-state index is 12.7. The topological polar surface area (TPSA) is 66.8 Å². The molecule has 0 saturated carbocycles. The minimum Gasteiger partial charge on any atom is -0.497 e. The summed E-state index contributed by atoms with van der Waals surface area (Å²) in [6, 6.07) is 20.5. The van der Waals surface area contributed by atoms with Crippen LogP contribution in [0, 0.1) is 13.8 Å². The molecule has 0 aliphatic carbocycles. The molecular formula is C26H25NO5S. The Balaban J connectivity index is 1.47. The van der Waals surface area contributed by atoms with Gasteiger partial charge in [-0.25, -0.2) is 0 Å². The van der Waals surface area contributed by atoms with Gasteiger partial charge in [-0.15, -0.1) is 0 Å². The lowest BCUT2D eigenvalue weighted by Gasteiger charge is -2.27. The zero-order valence-electron chi connectivity index (χ0n) is 18.7. The monoisotopic (exact) mass is 463 g/mol. The van der Waals surface area contributed by atoms with E-state index < -0.39 is 16.2 Å². The molecule has 170 valence electrons. The van der Waals surface area contributed by atoms with Gasteiger partial charge >= 0.3 is 0 Å². The van der Waals surface area contributed by atoms with Gasteiger partial charge in [0.25, 0.3) is 10.1 Å². The van der Waals surface area contributed by atoms with Crippen LogP contribution in [0.2, 0.25) is 0 Å². The Morgan fingerprint density at radius 2 is 1.73 bits per heavy atom. The van der Waals surface area contributed by atoms with Gasteiger partial charge in [-0.3, -0.25) is 4.18 Å². The zero-order chi connectivity index (χ0) is 23.2. The van der Waals surface area contributed by atoms with E-state index in [0.29, 0.717) is 6.54 Å². The Labute approximate surface area is 193 Å². The van der Waals surface area contributed by atoms with E-state index in [0.717, 1.165) is 44.8 Å². The number of methoxy groups -OCH3 is 1. The second kappa shape index (κ2) is 8.24. The molecule has 0 N–H and O–H groups in total. The van der Waals surface area contributed by atoms with Crippen molar-refractivity contribution < 1.29 is 22.1 Å². The molecular weight excluding hydrogens is 438 g/mol. The van der Waals surface area contributed by atoms with E-state index in [1.165, 1.54) is 0 Å². The fourth-order valence-corrected chi connectivity index (χ4v) is 5.33. The lowest BCUT2D eigenvalue weighted by Crippen LogP contribution is -2.33. The molecule has 0 radical (unpaired) electrons. The van der Waals surface area contributed by atoms with Crippen LogP contribution in [0.4, 0.5) is 0 Å². The van der Waals surface area contributed by atoms with Crippen LogP contribution in [-0.4, -0.2) is 32.8 Å². The molecule has 1 atom stereocenters. The fraction of sp³-hybridized carbons (Fsp3) is 0.231. The number of aryl methyl sites for hydroxylation is 2. The second-order valence-electron chi connectivity index (χ2n) is 8.26. The van der Waals surface area contributed by atoms with E-state index >= 15 is 0 Å². The molecule has 0 spiro atoms. The number of benzene rings is 3. The minimum absolute atomic E-state index is 0.0781. The molecule has 2 heterocycles. The van der Waals surface area contributed by atoms with Crippen molar-refractivity contribution in [1.82, 2.24) is 4.57 Å². The first-order valence-electron chi connectivity index (χ1n) is 10.8. The van der Waals surface area contributed by atoms with Gasteiger partial charge in [-0.1, -0.05) is 29.8 Å². The summed E-state index contributed by atoms with van der Waals surface area (Å²) in [6.07, 6.45) is -0.452. The van der Waals surface area contributed by atoms with Gasteiger partial charge in [0.1, 0.15) is 24.2 Å². The lowest BCUT2D eigenvalue weighted by molar-refractivity contribution is 0.111. The molecule has 3 aromatic carbocycles. The van der Waals surface area contributed by atoms with Crippen LogP contribution in [0.5, 0.6) is 11.5 Å². The first kappa shape index (κ1) is 21.6. The SMILES string of the molecule is COc1ccc(-c2c(C)c3cccc4c3n2CC(COS(=O)(=O)c2ccc(C)cc2)O4)cc1. The van der Waals surface area contributed by atoms with Crippen LogP contribution >= 0.6 is 0 Å². The molecule has 1 unspecified atom stereocenters. The molecule has 33 heavy (non-hydrogen) atoms. The van der Waals surface area contributed by atoms with Gasteiger partial charge in [0.05, 0.1) is 29.8 Å². The molecule has 0 bridgehead atoms. The Hall–Kier alpha value is -3.29. The quantitative estimate of drug-likeness (QED) is 0.372. The van der Waals surface area contributed by atoms with Crippen molar-refractivity contribution in [2.45, 2.75) is 31.4 Å². The molecule has 1 aliphatic rings. The highest BCUT2D eigenvalue weighted by molar-refractivity contribution is 7.86. The molecule has 7 heteroatoms. The van der Waals surface area contributed by atoms with E-state index in [1.54, 1.807) is 31.4 Å². The van der Waals surface area contributed by atoms with E-state index in [4.69, 9.17) is 13.7 Å². The van der Waals surface area contributed by atoms with Crippen LogP contribution in [0.15, 0.2) is 71.6 Å². The Morgan fingerprint density at radius 3 is 2.42 bits per heavy atom. The molecule has 5 rings (SSSR count). The van der Waals surface area contributed by atoms with Crippen LogP contribution in [-0.2, 0) is 20.8 Å². The molecule has 1 aromatic heterocycles. The summed E-state index contributed by atoms with van der Waals surface area (Å²) in [6.45, 7) is 4.41. The van der Waals surface area contributed by atoms with E-state index in [1.807, 2.05) is 43.3 Å². The molecule has 6 nitrogen and oxygen atoms in total. The minimum atomic E-state index is -3.87. The third kappa shape index (κ3) is 3.87. The summed E-state index contributed by atoms with van der Waals surface area (Å²) in [4.78, 5) is 0.141. The Kier molecular flexibility index (Phi) is 5.38. The summed E-state index contributed by atoms with van der Waals surface area (Å²) in [5.74, 6) is 1.52. The normalized spacial score (nSPS) is 15.4. The summed E-state index contributed by atoms with van der Waals surface area (Å²) >= 11 is 0. The maximum atomic E-state index is 12.7. The molecule has 1 aliphatic heterocycles. The van der Waals surface area contributed by atoms with Crippen molar-refractivity contribution in [2.24, 2.45) is 0 Å². The number of hydrogen-bond acceptors (Lipinski definition) is 5. The number of rotatable bonds is 6. The van der Waals surface area contributed by atoms with E-state index in [9.17, 15) is 8.42 Å². The molecule has 0 saturated heterocycles. The number of nitrogens with zero attached hydrogens (tertiary/aromatic N) is 1. The average Bonchev–Trinajstić information content (AvgIpc) is 3.11. The standard InChI is InChI=1S/C26H25NO5S/c1-17-7-13-22(14-8-17)33(28,29)31-16-21-15-27-25(19-9-11-20(30-3)12-10-19)18(2)23-5-4-6-24(32-21)26(23)27/h4-14,21H,15-16H2,1-3H3. The summed E-state index contributed by atoms with van der Waals surface area (Å²) in [5.41, 5.74) is 5.28. The smallest absolute Gasteiger partial charge is 0.297 e. The van der Waals surface area contributed by atoms with Gasteiger partial charge in [0.2, 0.25) is 0 Å². The first-order valence-corrected chi connectivity index (χ1v) is 12.2. The van der Waals surface area contributed by atoms with Crippen LogP contribution in [0.25, 0.3) is 22.2 Å². The third-order valence-corrected chi connectivity index (χ3v) is 7.36. The summed E-state index contributed by atoms with van der Waals surface area (Å²) in [5, 5.41) is 1.12. The predicted molar refractivity (Wildman–Crippen MR) is 127 cm³/mol. The average molecular weight is 464 g/mol. The van der Waals surface area contributed by atoms with Gasteiger partial charge in [-0.2, -0.15) is 8.42 Å². The van der Waals surface area contributed by atoms with Gasteiger partial charge < -0.3 is 14.0 Å². The Morgan fingerprint density at radius 1 is 1.00 bits per heavy atom. The molecule has 4 aromatic rings. The van der Waals surface area contributed by atoms with Gasteiger partial charge in [0, 0.05) is 5.39 Å². The van der Waals surface area contributed by atoms with Crippen molar-refractivity contribution >= 4 is 21.0 Å². The Bertz CT molecular complexity index is 1420. The second-order valence-corrected chi connectivity index (χ2v) is 9.87. The maximum Gasteiger partial charge on any atom is 0.297 e. The van der Waals surface area contributed by atoms with E-state index in [2.05, 4.69) is 17.6 Å². The first-order chi connectivity index (χ1) is 15.9. The number of hydrogen-bond donors (Lipinski definition) is 0. The number of ether oxygens (including phenoxy) is 2. The molecule has 0 fully saturated rings. The van der Waals surface area contributed by atoms with Crippen LogP contribution < -0.4 is 9.47 Å². The summed E-state index contributed by atoms with van der Waals surface area (Å²) in [7, 11) is -2.23. The summed E-state index contributed by atoms with van der Waals surface area (Å²) < 4.78 is 44.4. The van der Waals surface area contributed by atoms with Crippen LogP contribution in [0.1, 0.15) is 11.1 Å². The largest absolute Gasteiger partial charge is 0.497 e. The predicted octanol–water partition coefficient (Wildman–Crippen LogP) is 5.10. The highest BCUT2D eigenvalue weighted by Crippen LogP contribution is 2.41. The highest BCUT2D eigenvalue weighted by atomic mass is 32.2. The van der Waals surface area contributed by atoms with Crippen LogP contribution in [0.3, 0.4) is 0 Å². The fourth-order valence-electron chi connectivity index (χ4n) is 4.39. The third-order valence-electron chi connectivity index (χ3n) is 6.06. The lowest BCUT2D eigenvalue weighted by atomic mass is 10.1. The van der Waals surface area contributed by atoms with Crippen molar-refractivity contribution in [3.63, 3.8) is 0 Å².